The van der Waals surface area contributed by atoms with E-state index in [1.54, 1.807) is 26.8 Å². The maximum absolute atomic E-state index is 13.5. The molecular formula is C24H32FN3O6S. The number of nitrogens with zero attached hydrogens (tertiary/aromatic N) is 2. The Kier molecular flexibility index (Phi) is 9.47. The zero-order chi connectivity index (χ0) is 26.3. The number of anilines is 1. The average Bonchev–Trinajstić information content (AvgIpc) is 2.80. The molecule has 35 heavy (non-hydrogen) atoms. The Morgan fingerprint density at radius 3 is 2.17 bits per heavy atom. The molecule has 0 radical (unpaired) electrons. The van der Waals surface area contributed by atoms with Crippen LogP contribution in [0.5, 0.6) is 11.5 Å². The lowest BCUT2D eigenvalue weighted by atomic mass is 10.1. The molecule has 2 rings (SSSR count). The molecule has 2 aromatic carbocycles. The Bertz CT molecular complexity index is 1140. The standard InChI is InChI=1S/C24H32FN3O6S/c1-16(2)26-24(30)17(3)27(14-18-7-9-19(25)10-8-18)23(29)15-28(35(6,31)32)21-12-11-20(33-4)13-22(21)34-5/h7-13,16-17H,14-15H2,1-6H3,(H,26,30)/t17-/m0/s1. The van der Waals surface area contributed by atoms with Gasteiger partial charge in [-0.05, 0) is 50.6 Å². The van der Waals surface area contributed by atoms with Gasteiger partial charge in [0.15, 0.2) is 0 Å². The number of hydrogen-bond donors (Lipinski definition) is 1. The van der Waals surface area contributed by atoms with Gasteiger partial charge in [-0.3, -0.25) is 13.9 Å². The number of carbonyl (C=O) groups excluding carboxylic acids is 2. The highest BCUT2D eigenvalue weighted by Gasteiger charge is 2.31. The van der Waals surface area contributed by atoms with Crippen molar-refractivity contribution >= 4 is 27.5 Å². The zero-order valence-electron chi connectivity index (χ0n) is 20.7. The second kappa shape index (κ2) is 11.9. The van der Waals surface area contributed by atoms with Crippen molar-refractivity contribution in [1.82, 2.24) is 10.2 Å². The van der Waals surface area contributed by atoms with Crippen LogP contribution in [0.2, 0.25) is 0 Å². The summed E-state index contributed by atoms with van der Waals surface area (Å²) in [6.45, 7) is 4.53. The minimum Gasteiger partial charge on any atom is -0.497 e. The van der Waals surface area contributed by atoms with Gasteiger partial charge in [0.2, 0.25) is 21.8 Å². The number of sulfonamides is 1. The predicted octanol–water partition coefficient (Wildman–Crippen LogP) is 2.55. The molecule has 9 nitrogen and oxygen atoms in total. The second-order valence-electron chi connectivity index (χ2n) is 8.29. The average molecular weight is 510 g/mol. The van der Waals surface area contributed by atoms with E-state index in [4.69, 9.17) is 9.47 Å². The maximum atomic E-state index is 13.5. The van der Waals surface area contributed by atoms with Gasteiger partial charge in [0.25, 0.3) is 0 Å². The van der Waals surface area contributed by atoms with E-state index >= 15 is 0 Å². The highest BCUT2D eigenvalue weighted by molar-refractivity contribution is 7.92. The molecule has 0 bridgehead atoms. The molecule has 0 fully saturated rings. The largest absolute Gasteiger partial charge is 0.497 e. The Morgan fingerprint density at radius 2 is 1.66 bits per heavy atom. The Labute approximate surface area is 205 Å². The summed E-state index contributed by atoms with van der Waals surface area (Å²) in [5.41, 5.74) is 0.724. The van der Waals surface area contributed by atoms with Crippen LogP contribution in [0, 0.1) is 5.82 Å². The first kappa shape index (κ1) is 27.9. The molecule has 0 aromatic heterocycles. The Balaban J connectivity index is 2.45. The van der Waals surface area contributed by atoms with Crippen molar-refractivity contribution in [3.63, 3.8) is 0 Å². The van der Waals surface area contributed by atoms with Crippen molar-refractivity contribution in [2.24, 2.45) is 0 Å². The van der Waals surface area contributed by atoms with Crippen LogP contribution in [-0.4, -0.2) is 64.2 Å². The van der Waals surface area contributed by atoms with Crippen LogP contribution in [0.25, 0.3) is 0 Å². The van der Waals surface area contributed by atoms with Gasteiger partial charge in [-0.15, -0.1) is 0 Å². The third-order valence-corrected chi connectivity index (χ3v) is 6.33. The molecule has 0 aliphatic rings. The van der Waals surface area contributed by atoms with Gasteiger partial charge in [-0.1, -0.05) is 12.1 Å². The molecular weight excluding hydrogens is 477 g/mol. The van der Waals surface area contributed by atoms with Gasteiger partial charge in [0, 0.05) is 18.7 Å². The van der Waals surface area contributed by atoms with Gasteiger partial charge < -0.3 is 19.7 Å². The first-order chi connectivity index (χ1) is 16.4. The van der Waals surface area contributed by atoms with Crippen molar-refractivity contribution in [2.75, 3.05) is 31.3 Å². The van der Waals surface area contributed by atoms with Crippen molar-refractivity contribution < 1.29 is 31.9 Å². The summed E-state index contributed by atoms with van der Waals surface area (Å²) in [4.78, 5) is 27.5. The Hall–Kier alpha value is -3.34. The van der Waals surface area contributed by atoms with Crippen molar-refractivity contribution in [2.45, 2.75) is 39.4 Å². The highest BCUT2D eigenvalue weighted by atomic mass is 32.2. The van der Waals surface area contributed by atoms with E-state index in [0.717, 1.165) is 10.6 Å². The van der Waals surface area contributed by atoms with E-state index in [2.05, 4.69) is 5.32 Å². The van der Waals surface area contributed by atoms with E-state index < -0.39 is 40.2 Å². The molecule has 1 atom stereocenters. The fraction of sp³-hybridized carbons (Fsp3) is 0.417. The number of hydrogen-bond acceptors (Lipinski definition) is 6. The van der Waals surface area contributed by atoms with Crippen molar-refractivity contribution in [3.05, 3.63) is 53.8 Å². The van der Waals surface area contributed by atoms with Gasteiger partial charge in [0.1, 0.15) is 29.9 Å². The summed E-state index contributed by atoms with van der Waals surface area (Å²) < 4.78 is 50.2. The third-order valence-electron chi connectivity index (χ3n) is 5.20. The Morgan fingerprint density at radius 1 is 1.03 bits per heavy atom. The molecule has 11 heteroatoms. The molecule has 0 aliphatic carbocycles. The third kappa shape index (κ3) is 7.57. The summed E-state index contributed by atoms with van der Waals surface area (Å²) in [6.07, 6.45) is 0.975. The molecule has 0 heterocycles. The molecule has 192 valence electrons. The van der Waals surface area contributed by atoms with Gasteiger partial charge in [-0.2, -0.15) is 0 Å². The predicted molar refractivity (Wildman–Crippen MR) is 131 cm³/mol. The summed E-state index contributed by atoms with van der Waals surface area (Å²) in [7, 11) is -1.09. The van der Waals surface area contributed by atoms with Gasteiger partial charge in [-0.25, -0.2) is 12.8 Å². The van der Waals surface area contributed by atoms with E-state index in [-0.39, 0.29) is 24.0 Å². The number of carbonyl (C=O) groups is 2. The van der Waals surface area contributed by atoms with E-state index in [0.29, 0.717) is 11.3 Å². The zero-order valence-corrected chi connectivity index (χ0v) is 21.6. The smallest absolute Gasteiger partial charge is 0.244 e. The van der Waals surface area contributed by atoms with Crippen LogP contribution in [0.4, 0.5) is 10.1 Å². The molecule has 0 aliphatic heterocycles. The molecule has 2 amide bonds. The van der Waals surface area contributed by atoms with Crippen LogP contribution in [0.15, 0.2) is 42.5 Å². The quantitative estimate of drug-likeness (QED) is 0.499. The van der Waals surface area contributed by atoms with Crippen LogP contribution in [0.3, 0.4) is 0 Å². The minimum atomic E-state index is -3.93. The first-order valence-corrected chi connectivity index (χ1v) is 12.8. The molecule has 0 saturated carbocycles. The molecule has 0 unspecified atom stereocenters. The van der Waals surface area contributed by atoms with Crippen molar-refractivity contribution in [3.8, 4) is 11.5 Å². The number of methoxy groups -OCH3 is 2. The van der Waals surface area contributed by atoms with Gasteiger partial charge >= 0.3 is 0 Å². The molecule has 1 N–H and O–H groups in total. The summed E-state index contributed by atoms with van der Waals surface area (Å²) in [5, 5.41) is 2.76. The van der Waals surface area contributed by atoms with Crippen LogP contribution >= 0.6 is 0 Å². The number of nitrogens with one attached hydrogen (secondary N) is 1. The topological polar surface area (TPSA) is 105 Å². The van der Waals surface area contributed by atoms with Crippen molar-refractivity contribution in [1.29, 1.82) is 0 Å². The fourth-order valence-electron chi connectivity index (χ4n) is 3.36. The second-order valence-corrected chi connectivity index (χ2v) is 10.2. The minimum absolute atomic E-state index is 0.0247. The molecule has 0 spiro atoms. The number of rotatable bonds is 11. The monoisotopic (exact) mass is 509 g/mol. The van der Waals surface area contributed by atoms with Crippen LogP contribution in [0.1, 0.15) is 26.3 Å². The van der Waals surface area contributed by atoms with Gasteiger partial charge in [0.05, 0.1) is 26.2 Å². The normalized spacial score (nSPS) is 12.1. The number of benzene rings is 2. The van der Waals surface area contributed by atoms with E-state index in [1.807, 2.05) is 0 Å². The van der Waals surface area contributed by atoms with E-state index in [9.17, 15) is 22.4 Å². The fourth-order valence-corrected chi connectivity index (χ4v) is 4.21. The number of amides is 2. The first-order valence-electron chi connectivity index (χ1n) is 10.9. The number of ether oxygens (including phenoxy) is 2. The SMILES string of the molecule is COc1ccc(N(CC(=O)N(Cc2ccc(F)cc2)[C@@H](C)C(=O)NC(C)C)S(C)(=O)=O)c(OC)c1. The molecule has 0 saturated heterocycles. The summed E-state index contributed by atoms with van der Waals surface area (Å²) in [6, 6.07) is 8.96. The maximum Gasteiger partial charge on any atom is 0.244 e. The summed E-state index contributed by atoms with van der Waals surface area (Å²) in [5.74, 6) is -0.819. The number of halogens is 1. The summed E-state index contributed by atoms with van der Waals surface area (Å²) >= 11 is 0. The van der Waals surface area contributed by atoms with Crippen LogP contribution in [-0.2, 0) is 26.2 Å². The van der Waals surface area contributed by atoms with E-state index in [1.165, 1.54) is 55.5 Å². The molecule has 2 aromatic rings. The highest BCUT2D eigenvalue weighted by Crippen LogP contribution is 2.33. The lowest BCUT2D eigenvalue weighted by Crippen LogP contribution is -2.52. The van der Waals surface area contributed by atoms with Crippen LogP contribution < -0.4 is 19.1 Å². The lowest BCUT2D eigenvalue weighted by molar-refractivity contribution is -0.139. The lowest BCUT2D eigenvalue weighted by Gasteiger charge is -2.32.